The van der Waals surface area contributed by atoms with E-state index in [9.17, 15) is 4.39 Å². The van der Waals surface area contributed by atoms with Crippen LogP contribution in [-0.2, 0) is 19.5 Å². The van der Waals surface area contributed by atoms with Gasteiger partial charge in [-0.3, -0.25) is 0 Å². The average molecular weight is 344 g/mol. The first-order valence-corrected chi connectivity index (χ1v) is 9.20. The summed E-state index contributed by atoms with van der Waals surface area (Å²) < 4.78 is 16.7. The molecule has 1 N–H and O–H groups in total. The Morgan fingerprint density at radius 2 is 1.88 bits per heavy atom. The van der Waals surface area contributed by atoms with Crippen LogP contribution in [0.2, 0.25) is 0 Å². The molecule has 2 heterocycles. The number of hydrogen-bond acceptors (Lipinski definition) is 1. The van der Waals surface area contributed by atoms with Crippen molar-refractivity contribution in [1.29, 1.82) is 0 Å². The van der Waals surface area contributed by atoms with Crippen LogP contribution in [0, 0.1) is 12.7 Å². The van der Waals surface area contributed by atoms with Crippen molar-refractivity contribution in [1.82, 2.24) is 9.88 Å². The lowest BCUT2D eigenvalue weighted by Crippen LogP contribution is -2.25. The molecule has 3 aromatic carbocycles. The van der Waals surface area contributed by atoms with Crippen molar-refractivity contribution in [3.05, 3.63) is 82.8 Å². The predicted molar refractivity (Wildman–Crippen MR) is 105 cm³/mol. The number of nitrogens with zero attached hydrogens (tertiary/aromatic N) is 1. The van der Waals surface area contributed by atoms with E-state index in [0.717, 1.165) is 42.6 Å². The third-order valence-electron chi connectivity index (χ3n) is 5.58. The van der Waals surface area contributed by atoms with E-state index in [-0.39, 0.29) is 5.82 Å². The van der Waals surface area contributed by atoms with Gasteiger partial charge in [-0.05, 0) is 54.6 Å². The standard InChI is InChI=1S/C23H21FN2/c1-15-6-8-17-16(7-9-21(24)20(17)12-15)14-26-22-5-3-2-4-18(22)19-10-11-25-13-23(19)26/h2-9,12,25H,10-11,13-14H2,1H3. The first kappa shape index (κ1) is 15.6. The molecule has 0 atom stereocenters. The minimum absolute atomic E-state index is 0.145. The average Bonchev–Trinajstić information content (AvgIpc) is 2.98. The molecule has 0 radical (unpaired) electrons. The van der Waals surface area contributed by atoms with Crippen LogP contribution in [0.5, 0.6) is 0 Å². The fourth-order valence-electron chi connectivity index (χ4n) is 4.31. The van der Waals surface area contributed by atoms with Crippen LogP contribution in [0.4, 0.5) is 4.39 Å². The minimum Gasteiger partial charge on any atom is -0.339 e. The summed E-state index contributed by atoms with van der Waals surface area (Å²) in [6.07, 6.45) is 1.06. The maximum atomic E-state index is 14.3. The third-order valence-corrected chi connectivity index (χ3v) is 5.58. The van der Waals surface area contributed by atoms with Gasteiger partial charge in [0, 0.05) is 35.1 Å². The molecule has 26 heavy (non-hydrogen) atoms. The number of halogens is 1. The number of nitrogens with one attached hydrogen (secondary N) is 1. The van der Waals surface area contributed by atoms with Gasteiger partial charge in [0.2, 0.25) is 0 Å². The van der Waals surface area contributed by atoms with Gasteiger partial charge < -0.3 is 9.88 Å². The number of rotatable bonds is 2. The molecule has 0 fully saturated rings. The van der Waals surface area contributed by atoms with E-state index in [4.69, 9.17) is 0 Å². The van der Waals surface area contributed by atoms with Crippen molar-refractivity contribution in [3.63, 3.8) is 0 Å². The highest BCUT2D eigenvalue weighted by molar-refractivity contribution is 5.88. The summed E-state index contributed by atoms with van der Waals surface area (Å²) in [5.41, 5.74) is 6.34. The van der Waals surface area contributed by atoms with E-state index in [1.54, 1.807) is 6.07 Å². The summed E-state index contributed by atoms with van der Waals surface area (Å²) in [5, 5.41) is 6.57. The van der Waals surface area contributed by atoms with Crippen molar-refractivity contribution in [2.75, 3.05) is 6.54 Å². The Bertz CT molecular complexity index is 1140. The first-order chi connectivity index (χ1) is 12.7. The summed E-state index contributed by atoms with van der Waals surface area (Å²) in [5.74, 6) is -0.145. The van der Waals surface area contributed by atoms with Crippen molar-refractivity contribution in [3.8, 4) is 0 Å². The predicted octanol–water partition coefficient (Wildman–Crippen LogP) is 4.94. The summed E-state index contributed by atoms with van der Waals surface area (Å²) in [6, 6.07) is 18.2. The number of para-hydroxylation sites is 1. The van der Waals surface area contributed by atoms with Crippen LogP contribution in [-0.4, -0.2) is 11.1 Å². The Kier molecular flexibility index (Phi) is 3.57. The summed E-state index contributed by atoms with van der Waals surface area (Å²) in [4.78, 5) is 0. The van der Waals surface area contributed by atoms with Gasteiger partial charge in [0.25, 0.3) is 0 Å². The van der Waals surface area contributed by atoms with E-state index >= 15 is 0 Å². The van der Waals surface area contributed by atoms with Gasteiger partial charge in [-0.2, -0.15) is 0 Å². The molecule has 3 heteroatoms. The fraction of sp³-hybridized carbons (Fsp3) is 0.217. The number of aromatic nitrogens is 1. The zero-order chi connectivity index (χ0) is 17.7. The Labute approximate surface area is 152 Å². The summed E-state index contributed by atoms with van der Waals surface area (Å²) >= 11 is 0. The topological polar surface area (TPSA) is 17.0 Å². The molecule has 1 aliphatic rings. The van der Waals surface area contributed by atoms with E-state index in [2.05, 4.69) is 46.3 Å². The zero-order valence-corrected chi connectivity index (χ0v) is 14.8. The molecule has 0 bridgehead atoms. The molecule has 0 spiro atoms. The van der Waals surface area contributed by atoms with Crippen LogP contribution in [0.15, 0.2) is 54.6 Å². The Morgan fingerprint density at radius 3 is 2.81 bits per heavy atom. The lowest BCUT2D eigenvalue weighted by Gasteiger charge is -2.18. The van der Waals surface area contributed by atoms with Crippen LogP contribution in [0.1, 0.15) is 22.4 Å². The maximum absolute atomic E-state index is 14.3. The van der Waals surface area contributed by atoms with Crippen molar-refractivity contribution < 1.29 is 4.39 Å². The molecule has 4 aromatic rings. The molecule has 0 unspecified atom stereocenters. The minimum atomic E-state index is -0.145. The largest absolute Gasteiger partial charge is 0.339 e. The van der Waals surface area contributed by atoms with E-state index < -0.39 is 0 Å². The Balaban J connectivity index is 1.72. The van der Waals surface area contributed by atoms with Gasteiger partial charge in [0.1, 0.15) is 5.82 Å². The van der Waals surface area contributed by atoms with Crippen LogP contribution in [0.3, 0.4) is 0 Å². The molecule has 130 valence electrons. The highest BCUT2D eigenvalue weighted by atomic mass is 19.1. The smallest absolute Gasteiger partial charge is 0.131 e. The second-order valence-corrected chi connectivity index (χ2v) is 7.21. The molecular formula is C23H21FN2. The lowest BCUT2D eigenvalue weighted by molar-refractivity contribution is 0.602. The Hall–Kier alpha value is -2.65. The number of benzene rings is 3. The van der Waals surface area contributed by atoms with Gasteiger partial charge in [-0.1, -0.05) is 42.0 Å². The zero-order valence-electron chi connectivity index (χ0n) is 14.8. The SMILES string of the molecule is Cc1ccc2c(Cn3c4c(c5ccccc53)CCNC4)ccc(F)c2c1. The quantitative estimate of drug-likeness (QED) is 0.545. The summed E-state index contributed by atoms with van der Waals surface area (Å²) in [6.45, 7) is 4.69. The molecule has 0 amide bonds. The molecular weight excluding hydrogens is 323 g/mol. The molecule has 1 aliphatic heterocycles. The van der Waals surface area contributed by atoms with Crippen LogP contribution < -0.4 is 5.32 Å². The molecule has 2 nitrogen and oxygen atoms in total. The molecule has 1 aromatic heterocycles. The highest BCUT2D eigenvalue weighted by Gasteiger charge is 2.20. The van der Waals surface area contributed by atoms with Crippen molar-refractivity contribution in [2.24, 2.45) is 0 Å². The summed E-state index contributed by atoms with van der Waals surface area (Å²) in [7, 11) is 0. The number of aryl methyl sites for hydroxylation is 1. The molecule has 0 saturated heterocycles. The fourth-order valence-corrected chi connectivity index (χ4v) is 4.31. The van der Waals surface area contributed by atoms with Gasteiger partial charge in [0.05, 0.1) is 0 Å². The monoisotopic (exact) mass is 344 g/mol. The van der Waals surface area contributed by atoms with Gasteiger partial charge in [0.15, 0.2) is 0 Å². The van der Waals surface area contributed by atoms with Crippen LogP contribution >= 0.6 is 0 Å². The highest BCUT2D eigenvalue weighted by Crippen LogP contribution is 2.31. The maximum Gasteiger partial charge on any atom is 0.131 e. The van der Waals surface area contributed by atoms with Crippen LogP contribution in [0.25, 0.3) is 21.7 Å². The van der Waals surface area contributed by atoms with Gasteiger partial charge in [-0.25, -0.2) is 4.39 Å². The lowest BCUT2D eigenvalue weighted by atomic mass is 10.0. The van der Waals surface area contributed by atoms with E-state index in [1.165, 1.54) is 22.2 Å². The number of hydrogen-bond donors (Lipinski definition) is 1. The molecule has 5 rings (SSSR count). The third kappa shape index (κ3) is 2.35. The molecule has 0 saturated carbocycles. The van der Waals surface area contributed by atoms with Gasteiger partial charge in [-0.15, -0.1) is 0 Å². The van der Waals surface area contributed by atoms with Gasteiger partial charge >= 0.3 is 0 Å². The first-order valence-electron chi connectivity index (χ1n) is 9.20. The van der Waals surface area contributed by atoms with E-state index in [1.807, 2.05) is 19.1 Å². The number of fused-ring (bicyclic) bond motifs is 4. The second kappa shape index (κ2) is 5.96. The molecule has 0 aliphatic carbocycles. The second-order valence-electron chi connectivity index (χ2n) is 7.21. The van der Waals surface area contributed by atoms with Crippen molar-refractivity contribution >= 4 is 21.7 Å². The normalized spacial score (nSPS) is 14.1. The van der Waals surface area contributed by atoms with Crippen molar-refractivity contribution in [2.45, 2.75) is 26.4 Å². The van der Waals surface area contributed by atoms with E-state index in [0.29, 0.717) is 5.39 Å². The Morgan fingerprint density at radius 1 is 1.00 bits per heavy atom.